The number of rotatable bonds is 10. The van der Waals surface area contributed by atoms with E-state index >= 15 is 0 Å². The molecule has 1 aromatic carbocycles. The molecule has 3 heteroatoms. The lowest BCUT2D eigenvalue weighted by Gasteiger charge is -2.32. The van der Waals surface area contributed by atoms with Gasteiger partial charge in [0, 0.05) is 33.5 Å². The van der Waals surface area contributed by atoms with Crippen LogP contribution in [0, 0.1) is 23.7 Å². The van der Waals surface area contributed by atoms with Crippen LogP contribution in [0.4, 0.5) is 0 Å². The van der Waals surface area contributed by atoms with Gasteiger partial charge < -0.3 is 0 Å². The van der Waals surface area contributed by atoms with E-state index in [0.29, 0.717) is 47.3 Å². The molecule has 1 saturated carbocycles. The van der Waals surface area contributed by atoms with Crippen molar-refractivity contribution in [2.75, 3.05) is 0 Å². The summed E-state index contributed by atoms with van der Waals surface area (Å²) < 4.78 is 0. The summed E-state index contributed by atoms with van der Waals surface area (Å²) in [6, 6.07) is 22.1. The van der Waals surface area contributed by atoms with Crippen LogP contribution in [0.5, 0.6) is 0 Å². The molecule has 0 amide bonds. The predicted octanol–water partition coefficient (Wildman–Crippen LogP) is 18.7. The topological polar surface area (TPSA) is 25.8 Å². The van der Waals surface area contributed by atoms with Gasteiger partial charge in [0.05, 0.1) is 0 Å². The van der Waals surface area contributed by atoms with Crippen molar-refractivity contribution in [2.45, 2.75) is 212 Å². The van der Waals surface area contributed by atoms with E-state index in [1.165, 1.54) is 69.1 Å². The smallest absolute Gasteiger partial charge is 0.0429 e. The molecule has 332 valence electrons. The van der Waals surface area contributed by atoms with Crippen LogP contribution in [-0.2, 0) is 0 Å². The minimum absolute atomic E-state index is 0.534. The first-order valence-electron chi connectivity index (χ1n) is 23.7. The van der Waals surface area contributed by atoms with Crippen molar-refractivity contribution >= 4 is 11.3 Å². The second-order valence-corrected chi connectivity index (χ2v) is 21.5. The third-order valence-corrected chi connectivity index (χ3v) is 13.6. The Balaban J connectivity index is 0.000000369. The highest BCUT2D eigenvalue weighted by Gasteiger charge is 2.24. The molecule has 3 heterocycles. The van der Waals surface area contributed by atoms with Crippen LogP contribution in [-0.4, -0.2) is 9.97 Å². The van der Waals surface area contributed by atoms with Crippen molar-refractivity contribution in [3.8, 4) is 0 Å². The lowest BCUT2D eigenvalue weighted by molar-refractivity contribution is 0.189. The largest absolute Gasteiger partial charge is 0.261 e. The minimum Gasteiger partial charge on any atom is -0.261 e. The van der Waals surface area contributed by atoms with Crippen LogP contribution in [0.2, 0.25) is 0 Å². The summed E-state index contributed by atoms with van der Waals surface area (Å²) >= 11 is 1.95. The lowest BCUT2D eigenvalue weighted by atomic mass is 9.73. The molecular weight excluding hydrogens is 733 g/mol. The molecule has 0 bridgehead atoms. The predicted molar refractivity (Wildman–Crippen MR) is 267 cm³/mol. The van der Waals surface area contributed by atoms with Crippen molar-refractivity contribution in [1.29, 1.82) is 0 Å². The highest BCUT2D eigenvalue weighted by Crippen LogP contribution is 2.36. The van der Waals surface area contributed by atoms with E-state index in [-0.39, 0.29) is 0 Å². The normalized spacial score (nSPS) is 15.4. The summed E-state index contributed by atoms with van der Waals surface area (Å²) in [7, 11) is 0. The maximum atomic E-state index is 4.40. The van der Waals surface area contributed by atoms with E-state index in [1.807, 2.05) is 23.7 Å². The number of thiophene rings is 1. The van der Waals surface area contributed by atoms with Crippen molar-refractivity contribution in [3.05, 3.63) is 116 Å². The molecule has 0 unspecified atom stereocenters. The van der Waals surface area contributed by atoms with E-state index in [2.05, 4.69) is 209 Å². The van der Waals surface area contributed by atoms with E-state index in [0.717, 1.165) is 23.7 Å². The third-order valence-electron chi connectivity index (χ3n) is 11.9. The summed E-state index contributed by atoms with van der Waals surface area (Å²) in [5.74, 6) is 8.78. The molecule has 0 radical (unpaired) electrons. The van der Waals surface area contributed by atoms with Gasteiger partial charge in [0.1, 0.15) is 0 Å². The molecule has 1 aliphatic rings. The van der Waals surface area contributed by atoms with E-state index < -0.39 is 0 Å². The Morgan fingerprint density at radius 1 is 0.339 bits per heavy atom. The summed E-state index contributed by atoms with van der Waals surface area (Å²) in [5.41, 5.74) is 7.86. The van der Waals surface area contributed by atoms with Crippen LogP contribution >= 0.6 is 11.3 Å². The fourth-order valence-corrected chi connectivity index (χ4v) is 7.95. The standard InChI is InChI=1S/C12H24.C12H18.2C11H17N.C10H16S/c2*1-9(2)11-5-7-12(8-6-11)10(3)4;2*1-8(2)10-5-6-11(9(3)4)12-7-10;1-7(2)9-5-6-10(11-9)8(3)4/h9-12H,5-8H2,1-4H3;5-10H,1-4H3;2*5-9H,1-4H3;5-8H,1-4H3. The molecule has 59 heavy (non-hydrogen) atoms. The van der Waals surface area contributed by atoms with Gasteiger partial charge in [-0.15, -0.1) is 11.3 Å². The second-order valence-electron chi connectivity index (χ2n) is 20.3. The molecule has 1 aliphatic carbocycles. The molecule has 0 saturated heterocycles. The quantitative estimate of drug-likeness (QED) is 0.159. The minimum atomic E-state index is 0.534. The number of nitrogens with zero attached hydrogens (tertiary/aromatic N) is 2. The number of benzene rings is 1. The molecule has 0 atom stereocenters. The average molecular weight is 825 g/mol. The molecule has 0 spiro atoms. The van der Waals surface area contributed by atoms with Gasteiger partial charge in [-0.3, -0.25) is 9.97 Å². The highest BCUT2D eigenvalue weighted by molar-refractivity contribution is 7.12. The van der Waals surface area contributed by atoms with Crippen LogP contribution < -0.4 is 0 Å². The van der Waals surface area contributed by atoms with Gasteiger partial charge in [-0.05, 0) is 143 Å². The van der Waals surface area contributed by atoms with E-state index in [4.69, 9.17) is 0 Å². The van der Waals surface area contributed by atoms with Gasteiger partial charge in [-0.1, -0.05) is 175 Å². The third kappa shape index (κ3) is 21.0. The summed E-state index contributed by atoms with van der Waals surface area (Å²) in [6.07, 6.45) is 9.92. The van der Waals surface area contributed by atoms with Gasteiger partial charge in [-0.25, -0.2) is 0 Å². The Hall–Kier alpha value is -2.78. The maximum Gasteiger partial charge on any atom is 0.0429 e. The molecule has 0 aliphatic heterocycles. The monoisotopic (exact) mass is 825 g/mol. The number of aromatic nitrogens is 2. The van der Waals surface area contributed by atoms with E-state index in [9.17, 15) is 0 Å². The molecule has 4 aromatic rings. The molecule has 5 rings (SSSR count). The number of hydrogen-bond donors (Lipinski definition) is 0. The summed E-state index contributed by atoms with van der Waals surface area (Å²) in [5, 5.41) is 0. The SMILES string of the molecule is CC(C)C1CCC(C(C)C)CC1.CC(C)c1ccc(C(C)C)cc1.CC(C)c1ccc(C(C)C)nc1.CC(C)c1ccc(C(C)C)nc1.CC(C)c1ccc(C(C)C)s1. The highest BCUT2D eigenvalue weighted by atomic mass is 32.1. The van der Waals surface area contributed by atoms with Crippen LogP contribution in [0.25, 0.3) is 0 Å². The van der Waals surface area contributed by atoms with Gasteiger partial charge >= 0.3 is 0 Å². The zero-order chi connectivity index (χ0) is 45.0. The summed E-state index contributed by atoms with van der Waals surface area (Å²) in [6.45, 7) is 44.8. The van der Waals surface area contributed by atoms with Gasteiger partial charge in [0.15, 0.2) is 0 Å². The van der Waals surface area contributed by atoms with Crippen LogP contribution in [0.15, 0.2) is 73.1 Å². The van der Waals surface area contributed by atoms with E-state index in [1.54, 1.807) is 0 Å². The Morgan fingerprint density at radius 2 is 0.610 bits per heavy atom. The molecule has 0 N–H and O–H groups in total. The zero-order valence-corrected chi connectivity index (χ0v) is 42.8. The first-order chi connectivity index (χ1) is 27.5. The first kappa shape index (κ1) is 54.2. The molecule has 3 aromatic heterocycles. The molecular formula is C56H92N2S. The Kier molecular flexibility index (Phi) is 25.7. The first-order valence-corrected chi connectivity index (χ1v) is 24.5. The Bertz CT molecular complexity index is 1360. The molecule has 2 nitrogen and oxygen atoms in total. The van der Waals surface area contributed by atoms with Crippen molar-refractivity contribution in [1.82, 2.24) is 9.97 Å². The van der Waals surface area contributed by atoms with Crippen LogP contribution in [0.3, 0.4) is 0 Å². The number of pyridine rings is 2. The Morgan fingerprint density at radius 3 is 0.780 bits per heavy atom. The fourth-order valence-electron chi connectivity index (χ4n) is 6.93. The second kappa shape index (κ2) is 27.9. The average Bonchev–Trinajstić information content (AvgIpc) is 3.71. The van der Waals surface area contributed by atoms with Gasteiger partial charge in [0.25, 0.3) is 0 Å². The van der Waals surface area contributed by atoms with Gasteiger partial charge in [-0.2, -0.15) is 0 Å². The Labute approximate surface area is 371 Å². The number of hydrogen-bond acceptors (Lipinski definition) is 3. The summed E-state index contributed by atoms with van der Waals surface area (Å²) in [4.78, 5) is 11.8. The van der Waals surface area contributed by atoms with Gasteiger partial charge in [0.2, 0.25) is 0 Å². The zero-order valence-electron chi connectivity index (χ0n) is 42.0. The van der Waals surface area contributed by atoms with Crippen molar-refractivity contribution < 1.29 is 0 Å². The lowest BCUT2D eigenvalue weighted by Crippen LogP contribution is -2.21. The van der Waals surface area contributed by atoms with Crippen molar-refractivity contribution in [3.63, 3.8) is 0 Å². The van der Waals surface area contributed by atoms with Crippen molar-refractivity contribution in [2.24, 2.45) is 23.7 Å². The maximum absolute atomic E-state index is 4.40. The molecule has 1 fully saturated rings. The van der Waals surface area contributed by atoms with Crippen LogP contribution in [0.1, 0.15) is 255 Å². The fraction of sp³-hybridized carbons (Fsp3) is 0.643.